The minimum absolute atomic E-state index is 0. The van der Waals surface area contributed by atoms with Gasteiger partial charge in [-0.05, 0) is 53.6 Å². The molecule has 134 valence electrons. The molecule has 0 fully saturated rings. The van der Waals surface area contributed by atoms with Gasteiger partial charge >= 0.3 is 0 Å². The van der Waals surface area contributed by atoms with Gasteiger partial charge in [0, 0.05) is 25.7 Å². The highest BCUT2D eigenvalue weighted by molar-refractivity contribution is 14.0. The average Bonchev–Trinajstić information content (AvgIpc) is 2.46. The maximum Gasteiger partial charge on any atom is 0.191 e. The fourth-order valence-corrected chi connectivity index (χ4v) is 2.02. The van der Waals surface area contributed by atoms with Crippen molar-refractivity contribution in [1.29, 1.82) is 0 Å². The van der Waals surface area contributed by atoms with E-state index < -0.39 is 0 Å². The molecular weight excluding hydrogens is 387 g/mol. The molecule has 0 radical (unpaired) electrons. The summed E-state index contributed by atoms with van der Waals surface area (Å²) in [5, 5.41) is 6.75. The first kappa shape index (κ1) is 24.2. The molecule has 0 aromatic rings. The summed E-state index contributed by atoms with van der Waals surface area (Å²) < 4.78 is 0. The van der Waals surface area contributed by atoms with Crippen LogP contribution in [-0.4, -0.2) is 50.1 Å². The molecule has 0 aromatic carbocycles. The summed E-state index contributed by atoms with van der Waals surface area (Å²) in [6.07, 6.45) is 7.52. The number of rotatable bonds is 12. The van der Waals surface area contributed by atoms with Gasteiger partial charge in [0.05, 0.1) is 0 Å². The highest BCUT2D eigenvalue weighted by Gasteiger charge is 2.02. The molecule has 0 bridgehead atoms. The van der Waals surface area contributed by atoms with Gasteiger partial charge in [0.15, 0.2) is 5.96 Å². The predicted molar refractivity (Wildman–Crippen MR) is 111 cm³/mol. The van der Waals surface area contributed by atoms with Gasteiger partial charge in [0.1, 0.15) is 0 Å². The summed E-state index contributed by atoms with van der Waals surface area (Å²) >= 11 is 0. The highest BCUT2D eigenvalue weighted by Crippen LogP contribution is 1.99. The molecule has 0 aliphatic carbocycles. The molecule has 4 nitrogen and oxygen atoms in total. The largest absolute Gasteiger partial charge is 0.357 e. The summed E-state index contributed by atoms with van der Waals surface area (Å²) in [5.74, 6) is 0.978. The molecular formula is C17H39IN4. The quantitative estimate of drug-likeness (QED) is 0.216. The number of halogens is 1. The van der Waals surface area contributed by atoms with Crippen molar-refractivity contribution in [3.63, 3.8) is 0 Å². The van der Waals surface area contributed by atoms with E-state index in [2.05, 4.69) is 55.3 Å². The molecule has 0 unspecified atom stereocenters. The minimum atomic E-state index is 0. The summed E-state index contributed by atoms with van der Waals surface area (Å²) in [4.78, 5) is 7.03. The highest BCUT2D eigenvalue weighted by atomic mass is 127. The van der Waals surface area contributed by atoms with Crippen molar-refractivity contribution in [2.24, 2.45) is 4.99 Å². The van der Waals surface area contributed by atoms with E-state index >= 15 is 0 Å². The second-order valence-electron chi connectivity index (χ2n) is 6.03. The van der Waals surface area contributed by atoms with E-state index in [-0.39, 0.29) is 24.0 Å². The first-order valence-electron chi connectivity index (χ1n) is 8.84. The number of hydrogen-bond acceptors (Lipinski definition) is 2. The number of hydrogen-bond donors (Lipinski definition) is 2. The second-order valence-corrected chi connectivity index (χ2v) is 6.03. The van der Waals surface area contributed by atoms with Crippen LogP contribution in [0.4, 0.5) is 0 Å². The molecule has 0 aromatic heterocycles. The van der Waals surface area contributed by atoms with E-state index in [4.69, 9.17) is 0 Å². The Balaban J connectivity index is 0. The summed E-state index contributed by atoms with van der Waals surface area (Å²) in [5.41, 5.74) is 0. The Labute approximate surface area is 155 Å². The molecule has 2 N–H and O–H groups in total. The van der Waals surface area contributed by atoms with Crippen LogP contribution < -0.4 is 10.6 Å². The van der Waals surface area contributed by atoms with E-state index in [1.54, 1.807) is 0 Å². The van der Waals surface area contributed by atoms with Gasteiger partial charge in [-0.3, -0.25) is 4.99 Å². The maximum atomic E-state index is 4.63. The first-order chi connectivity index (χ1) is 10.1. The monoisotopic (exact) mass is 426 g/mol. The molecule has 0 saturated carbocycles. The molecule has 0 atom stereocenters. The van der Waals surface area contributed by atoms with Gasteiger partial charge in [-0.2, -0.15) is 0 Å². The van der Waals surface area contributed by atoms with E-state index in [0.29, 0.717) is 6.04 Å². The predicted octanol–water partition coefficient (Wildman–Crippen LogP) is 3.86. The zero-order valence-electron chi connectivity index (χ0n) is 15.5. The number of nitrogens with one attached hydrogen (secondary N) is 2. The van der Waals surface area contributed by atoms with Crippen molar-refractivity contribution in [2.75, 3.05) is 33.2 Å². The number of aliphatic imine (C=N–C) groups is 1. The number of guanidine groups is 1. The van der Waals surface area contributed by atoms with Crippen LogP contribution in [0.15, 0.2) is 4.99 Å². The van der Waals surface area contributed by atoms with Crippen LogP contribution in [0.25, 0.3) is 0 Å². The summed E-state index contributed by atoms with van der Waals surface area (Å²) in [7, 11) is 2.19. The Kier molecular flexibility index (Phi) is 19.1. The lowest BCUT2D eigenvalue weighted by molar-refractivity contribution is 0.268. The van der Waals surface area contributed by atoms with Crippen LogP contribution in [0.5, 0.6) is 0 Å². The SMILES string of the molecule is CCCCCCN=C(NCC)NCCCCN(C)C(C)C.I. The molecule has 0 aliphatic rings. The molecule has 0 saturated heterocycles. The van der Waals surface area contributed by atoms with Gasteiger partial charge in [-0.1, -0.05) is 26.2 Å². The van der Waals surface area contributed by atoms with E-state index in [1.807, 2.05) is 0 Å². The van der Waals surface area contributed by atoms with Gasteiger partial charge in [0.2, 0.25) is 0 Å². The van der Waals surface area contributed by atoms with E-state index in [1.165, 1.54) is 45.1 Å². The van der Waals surface area contributed by atoms with E-state index in [0.717, 1.165) is 25.6 Å². The van der Waals surface area contributed by atoms with Crippen molar-refractivity contribution in [1.82, 2.24) is 15.5 Å². The average molecular weight is 426 g/mol. The van der Waals surface area contributed by atoms with Gasteiger partial charge in [-0.25, -0.2) is 0 Å². The fourth-order valence-electron chi connectivity index (χ4n) is 2.02. The van der Waals surface area contributed by atoms with Crippen LogP contribution in [-0.2, 0) is 0 Å². The Bertz CT molecular complexity index is 257. The molecule has 5 heteroatoms. The van der Waals surface area contributed by atoms with Crippen LogP contribution in [0.3, 0.4) is 0 Å². The second kappa shape index (κ2) is 17.3. The first-order valence-corrected chi connectivity index (χ1v) is 8.84. The van der Waals surface area contributed by atoms with Crippen LogP contribution in [0.2, 0.25) is 0 Å². The van der Waals surface area contributed by atoms with Crippen LogP contribution in [0.1, 0.15) is 66.2 Å². The van der Waals surface area contributed by atoms with Gasteiger partial charge in [-0.15, -0.1) is 24.0 Å². The summed E-state index contributed by atoms with van der Waals surface area (Å²) in [6.45, 7) is 12.9. The maximum absolute atomic E-state index is 4.63. The molecule has 0 heterocycles. The molecule has 0 spiro atoms. The van der Waals surface area contributed by atoms with Gasteiger partial charge < -0.3 is 15.5 Å². The molecule has 0 rings (SSSR count). The molecule has 0 amide bonds. The van der Waals surface area contributed by atoms with Crippen molar-refractivity contribution < 1.29 is 0 Å². The van der Waals surface area contributed by atoms with Crippen molar-refractivity contribution in [3.8, 4) is 0 Å². The normalized spacial score (nSPS) is 11.7. The lowest BCUT2D eigenvalue weighted by Gasteiger charge is -2.20. The lowest BCUT2D eigenvalue weighted by atomic mass is 10.2. The zero-order valence-corrected chi connectivity index (χ0v) is 17.8. The number of nitrogens with zero attached hydrogens (tertiary/aromatic N) is 2. The minimum Gasteiger partial charge on any atom is -0.357 e. The lowest BCUT2D eigenvalue weighted by Crippen LogP contribution is -2.38. The standard InChI is InChI=1S/C17H38N4.HI/c1-6-8-9-10-13-19-17(18-7-2)20-14-11-12-15-21(5)16(3)4;/h16H,6-15H2,1-5H3,(H2,18,19,20);1H. The molecule has 22 heavy (non-hydrogen) atoms. The number of unbranched alkanes of at least 4 members (excludes halogenated alkanes) is 4. The summed E-state index contributed by atoms with van der Waals surface area (Å²) in [6, 6.07) is 0.639. The van der Waals surface area contributed by atoms with Crippen molar-refractivity contribution >= 4 is 29.9 Å². The zero-order chi connectivity index (χ0) is 15.9. The Morgan fingerprint density at radius 2 is 1.73 bits per heavy atom. The Morgan fingerprint density at radius 1 is 1.00 bits per heavy atom. The van der Waals surface area contributed by atoms with Crippen LogP contribution >= 0.6 is 24.0 Å². The smallest absolute Gasteiger partial charge is 0.191 e. The third kappa shape index (κ3) is 14.9. The Morgan fingerprint density at radius 3 is 2.32 bits per heavy atom. The molecule has 0 aliphatic heterocycles. The van der Waals surface area contributed by atoms with Gasteiger partial charge in [0.25, 0.3) is 0 Å². The Hall–Kier alpha value is -0.0400. The van der Waals surface area contributed by atoms with Crippen molar-refractivity contribution in [3.05, 3.63) is 0 Å². The topological polar surface area (TPSA) is 39.7 Å². The van der Waals surface area contributed by atoms with E-state index in [9.17, 15) is 0 Å². The van der Waals surface area contributed by atoms with Crippen molar-refractivity contribution in [2.45, 2.75) is 72.3 Å². The fraction of sp³-hybridized carbons (Fsp3) is 0.941. The third-order valence-corrected chi connectivity index (χ3v) is 3.74. The van der Waals surface area contributed by atoms with Crippen LogP contribution in [0, 0.1) is 0 Å². The third-order valence-electron chi connectivity index (χ3n) is 3.74.